The Hall–Kier alpha value is -1.74. The van der Waals surface area contributed by atoms with Crippen LogP contribution in [-0.2, 0) is 19.4 Å². The first kappa shape index (κ1) is 11.4. The minimum Gasteiger partial charge on any atom is -0.324 e. The molecule has 1 aliphatic rings. The van der Waals surface area contributed by atoms with Gasteiger partial charge < -0.3 is 5.73 Å². The third-order valence-electron chi connectivity index (χ3n) is 3.53. The van der Waals surface area contributed by atoms with Gasteiger partial charge in [0.1, 0.15) is 5.82 Å². The van der Waals surface area contributed by atoms with Crippen LogP contribution in [0.25, 0.3) is 11.3 Å². The van der Waals surface area contributed by atoms with Crippen LogP contribution >= 0.6 is 0 Å². The molecule has 0 bridgehead atoms. The lowest BCUT2D eigenvalue weighted by molar-refractivity contribution is 0.686. The van der Waals surface area contributed by atoms with Crippen LogP contribution in [0.1, 0.15) is 29.8 Å². The predicted octanol–water partition coefficient (Wildman–Crippen LogP) is 2.48. The first-order valence-electron chi connectivity index (χ1n) is 6.51. The molecule has 0 aliphatic heterocycles. The third-order valence-corrected chi connectivity index (χ3v) is 3.53. The molecule has 0 unspecified atom stereocenters. The topological polar surface area (TPSA) is 51.8 Å². The van der Waals surface area contributed by atoms with Crippen LogP contribution in [0.5, 0.6) is 0 Å². The number of benzene rings is 1. The third kappa shape index (κ3) is 2.14. The molecule has 18 heavy (non-hydrogen) atoms. The molecule has 0 saturated carbocycles. The summed E-state index contributed by atoms with van der Waals surface area (Å²) in [6.45, 7) is 0.388. The van der Waals surface area contributed by atoms with E-state index in [1.54, 1.807) is 6.20 Å². The van der Waals surface area contributed by atoms with Crippen LogP contribution in [-0.4, -0.2) is 9.97 Å². The molecule has 1 aromatic heterocycles. The van der Waals surface area contributed by atoms with Crippen LogP contribution in [0.3, 0.4) is 0 Å². The van der Waals surface area contributed by atoms with Gasteiger partial charge in [0.15, 0.2) is 0 Å². The van der Waals surface area contributed by atoms with E-state index in [0.717, 1.165) is 5.69 Å². The van der Waals surface area contributed by atoms with Gasteiger partial charge in [-0.3, -0.25) is 0 Å². The number of aryl methyl sites for hydroxylation is 2. The van der Waals surface area contributed by atoms with Gasteiger partial charge >= 0.3 is 0 Å². The van der Waals surface area contributed by atoms with E-state index in [2.05, 4.69) is 28.2 Å². The Morgan fingerprint density at radius 1 is 1.06 bits per heavy atom. The van der Waals surface area contributed by atoms with Crippen molar-refractivity contribution in [1.82, 2.24) is 9.97 Å². The summed E-state index contributed by atoms with van der Waals surface area (Å²) in [5.41, 5.74) is 10.7. The molecule has 2 aromatic rings. The van der Waals surface area contributed by atoms with Crippen LogP contribution in [0.4, 0.5) is 0 Å². The molecule has 3 rings (SSSR count). The van der Waals surface area contributed by atoms with E-state index in [4.69, 9.17) is 5.73 Å². The highest BCUT2D eigenvalue weighted by Crippen LogP contribution is 2.26. The minimum absolute atomic E-state index is 0.388. The van der Waals surface area contributed by atoms with Crippen LogP contribution in [0.2, 0.25) is 0 Å². The summed E-state index contributed by atoms with van der Waals surface area (Å²) >= 11 is 0. The average Bonchev–Trinajstić information content (AvgIpc) is 2.47. The van der Waals surface area contributed by atoms with Gasteiger partial charge in [-0.15, -0.1) is 0 Å². The van der Waals surface area contributed by atoms with Crippen molar-refractivity contribution in [2.24, 2.45) is 5.73 Å². The Morgan fingerprint density at radius 2 is 1.89 bits per heavy atom. The van der Waals surface area contributed by atoms with Crippen molar-refractivity contribution in [2.45, 2.75) is 32.2 Å². The number of rotatable bonds is 2. The van der Waals surface area contributed by atoms with Crippen molar-refractivity contribution >= 4 is 0 Å². The molecule has 1 heterocycles. The van der Waals surface area contributed by atoms with Gasteiger partial charge in [0.05, 0.1) is 12.2 Å². The second-order valence-corrected chi connectivity index (χ2v) is 4.75. The summed E-state index contributed by atoms with van der Waals surface area (Å²) in [5, 5.41) is 0. The van der Waals surface area contributed by atoms with E-state index < -0.39 is 0 Å². The van der Waals surface area contributed by atoms with E-state index >= 15 is 0 Å². The quantitative estimate of drug-likeness (QED) is 0.876. The number of nitrogens with two attached hydrogens (primary N) is 1. The zero-order valence-corrected chi connectivity index (χ0v) is 10.4. The molecule has 0 fully saturated rings. The lowest BCUT2D eigenvalue weighted by Gasteiger charge is -2.16. The first-order valence-corrected chi connectivity index (χ1v) is 6.51. The second kappa shape index (κ2) is 4.86. The maximum atomic E-state index is 5.58. The maximum absolute atomic E-state index is 5.58. The van der Waals surface area contributed by atoms with Gasteiger partial charge in [-0.25, -0.2) is 9.97 Å². The zero-order chi connectivity index (χ0) is 12.4. The van der Waals surface area contributed by atoms with Crippen LogP contribution in [0, 0.1) is 0 Å². The molecule has 92 valence electrons. The Balaban J connectivity index is 2.00. The lowest BCUT2D eigenvalue weighted by atomic mass is 9.90. The fraction of sp³-hybridized carbons (Fsp3) is 0.333. The van der Waals surface area contributed by atoms with E-state index in [9.17, 15) is 0 Å². The normalized spacial score (nSPS) is 14.3. The molecule has 1 aliphatic carbocycles. The van der Waals surface area contributed by atoms with E-state index in [1.165, 1.54) is 42.4 Å². The number of aromatic nitrogens is 2. The highest BCUT2D eigenvalue weighted by molar-refractivity contribution is 5.61. The molecule has 0 radical (unpaired) electrons. The molecule has 0 amide bonds. The van der Waals surface area contributed by atoms with E-state index in [1.807, 2.05) is 6.07 Å². The van der Waals surface area contributed by atoms with Crippen molar-refractivity contribution < 1.29 is 0 Å². The monoisotopic (exact) mass is 239 g/mol. The first-order chi connectivity index (χ1) is 8.86. The molecule has 3 nitrogen and oxygen atoms in total. The number of nitrogens with zero attached hydrogens (tertiary/aromatic N) is 2. The summed E-state index contributed by atoms with van der Waals surface area (Å²) in [6.07, 6.45) is 6.81. The highest BCUT2D eigenvalue weighted by atomic mass is 14.9. The average molecular weight is 239 g/mol. The summed E-state index contributed by atoms with van der Waals surface area (Å²) in [4.78, 5) is 8.61. The SMILES string of the molecule is NCc1nccc(-c2ccc3c(c2)CCCC3)n1. The second-order valence-electron chi connectivity index (χ2n) is 4.75. The Labute approximate surface area is 107 Å². The number of fused-ring (bicyclic) bond motifs is 1. The van der Waals surface area contributed by atoms with Gasteiger partial charge in [-0.1, -0.05) is 12.1 Å². The van der Waals surface area contributed by atoms with Gasteiger partial charge in [0.25, 0.3) is 0 Å². The largest absolute Gasteiger partial charge is 0.324 e. The number of hydrogen-bond donors (Lipinski definition) is 1. The smallest absolute Gasteiger partial charge is 0.142 e. The predicted molar refractivity (Wildman–Crippen MR) is 72.0 cm³/mol. The molecule has 0 saturated heterocycles. The minimum atomic E-state index is 0.388. The molecule has 2 N–H and O–H groups in total. The standard InChI is InChI=1S/C15H17N3/c16-10-15-17-8-7-14(18-15)13-6-5-11-3-1-2-4-12(11)9-13/h5-9H,1-4,10,16H2. The zero-order valence-electron chi connectivity index (χ0n) is 10.4. The summed E-state index contributed by atoms with van der Waals surface area (Å²) in [7, 11) is 0. The summed E-state index contributed by atoms with van der Waals surface area (Å²) in [5.74, 6) is 0.699. The van der Waals surface area contributed by atoms with Crippen molar-refractivity contribution in [3.63, 3.8) is 0 Å². The molecule has 0 atom stereocenters. The number of hydrogen-bond acceptors (Lipinski definition) is 3. The van der Waals surface area contributed by atoms with Crippen molar-refractivity contribution in [2.75, 3.05) is 0 Å². The van der Waals surface area contributed by atoms with Crippen molar-refractivity contribution in [1.29, 1.82) is 0 Å². The Bertz CT molecular complexity index is 563. The van der Waals surface area contributed by atoms with Crippen molar-refractivity contribution in [3.05, 3.63) is 47.4 Å². The lowest BCUT2D eigenvalue weighted by Crippen LogP contribution is -2.04. The summed E-state index contributed by atoms with van der Waals surface area (Å²) in [6, 6.07) is 8.63. The highest BCUT2D eigenvalue weighted by Gasteiger charge is 2.10. The molecular weight excluding hydrogens is 222 g/mol. The molecular formula is C15H17N3. The Kier molecular flexibility index (Phi) is 3.07. The van der Waals surface area contributed by atoms with Crippen molar-refractivity contribution in [3.8, 4) is 11.3 Å². The molecule has 0 spiro atoms. The van der Waals surface area contributed by atoms with Gasteiger partial charge in [-0.2, -0.15) is 0 Å². The Morgan fingerprint density at radius 3 is 2.72 bits per heavy atom. The van der Waals surface area contributed by atoms with Gasteiger partial charge in [0, 0.05) is 11.8 Å². The molecule has 1 aromatic carbocycles. The van der Waals surface area contributed by atoms with E-state index in [-0.39, 0.29) is 0 Å². The van der Waals surface area contributed by atoms with Gasteiger partial charge in [0.2, 0.25) is 0 Å². The maximum Gasteiger partial charge on any atom is 0.142 e. The fourth-order valence-electron chi connectivity index (χ4n) is 2.55. The van der Waals surface area contributed by atoms with Crippen LogP contribution < -0.4 is 5.73 Å². The van der Waals surface area contributed by atoms with E-state index in [0.29, 0.717) is 12.4 Å². The summed E-state index contributed by atoms with van der Waals surface area (Å²) < 4.78 is 0. The molecule has 3 heteroatoms. The fourth-order valence-corrected chi connectivity index (χ4v) is 2.55. The van der Waals surface area contributed by atoms with Crippen LogP contribution in [0.15, 0.2) is 30.5 Å². The van der Waals surface area contributed by atoms with Gasteiger partial charge in [-0.05, 0) is 48.9 Å².